The van der Waals surface area contributed by atoms with Gasteiger partial charge in [0.05, 0.1) is 0 Å². The number of fused-ring (bicyclic) bond motifs is 2. The summed E-state index contributed by atoms with van der Waals surface area (Å²) in [4.78, 5) is 11.1. The fraction of sp³-hybridized carbons (Fsp3) is 0.917. The molecule has 0 radical (unpaired) electrons. The second-order valence-corrected chi connectivity index (χ2v) is 5.26. The van der Waals surface area contributed by atoms with E-state index >= 15 is 0 Å². The number of hydrogen-bond donors (Lipinski definition) is 0. The molecule has 2 saturated carbocycles. The first-order valence-electron chi connectivity index (χ1n) is 5.66. The molecule has 0 spiro atoms. The predicted molar refractivity (Wildman–Crippen MR) is 53.4 cm³/mol. The molecule has 0 N–H and O–H groups in total. The topological polar surface area (TPSA) is 17.1 Å². The van der Waals surface area contributed by atoms with Gasteiger partial charge in [-0.2, -0.15) is 0 Å². The Morgan fingerprint density at radius 3 is 2.54 bits per heavy atom. The van der Waals surface area contributed by atoms with Crippen LogP contribution in [0.1, 0.15) is 46.0 Å². The van der Waals surface area contributed by atoms with E-state index in [4.69, 9.17) is 0 Å². The Kier molecular flexibility index (Phi) is 2.21. The Morgan fingerprint density at radius 1 is 1.38 bits per heavy atom. The van der Waals surface area contributed by atoms with Crippen molar-refractivity contribution < 1.29 is 4.79 Å². The molecule has 74 valence electrons. The maximum atomic E-state index is 11.1. The first kappa shape index (κ1) is 9.23. The van der Waals surface area contributed by atoms with Gasteiger partial charge in [-0.05, 0) is 43.4 Å². The standard InChI is InChI=1S/C12H20O/c1-3-12(2,8-13)11-7-9-4-5-10(11)6-9/h8-11H,3-7H2,1-2H3. The summed E-state index contributed by atoms with van der Waals surface area (Å²) in [5.74, 6) is 2.54. The number of hydrogen-bond acceptors (Lipinski definition) is 1. The van der Waals surface area contributed by atoms with Gasteiger partial charge in [-0.3, -0.25) is 0 Å². The highest BCUT2D eigenvalue weighted by Crippen LogP contribution is 2.54. The fourth-order valence-corrected chi connectivity index (χ4v) is 3.49. The van der Waals surface area contributed by atoms with Gasteiger partial charge in [0.15, 0.2) is 0 Å². The van der Waals surface area contributed by atoms with Crippen molar-refractivity contribution in [2.75, 3.05) is 0 Å². The lowest BCUT2D eigenvalue weighted by Crippen LogP contribution is -2.32. The maximum absolute atomic E-state index is 11.1. The van der Waals surface area contributed by atoms with Crippen LogP contribution in [0.3, 0.4) is 0 Å². The monoisotopic (exact) mass is 180 g/mol. The van der Waals surface area contributed by atoms with E-state index < -0.39 is 0 Å². The van der Waals surface area contributed by atoms with Crippen molar-refractivity contribution in [3.63, 3.8) is 0 Å². The summed E-state index contributed by atoms with van der Waals surface area (Å²) < 4.78 is 0. The molecule has 1 nitrogen and oxygen atoms in total. The zero-order valence-electron chi connectivity index (χ0n) is 8.75. The smallest absolute Gasteiger partial charge is 0.126 e. The second-order valence-electron chi connectivity index (χ2n) is 5.26. The van der Waals surface area contributed by atoms with Gasteiger partial charge in [-0.1, -0.05) is 20.3 Å². The molecule has 2 bridgehead atoms. The summed E-state index contributed by atoms with van der Waals surface area (Å²) in [5.41, 5.74) is -0.0141. The van der Waals surface area contributed by atoms with E-state index in [2.05, 4.69) is 13.8 Å². The first-order valence-corrected chi connectivity index (χ1v) is 5.66. The number of carbonyl (C=O) groups excluding carboxylic acids is 1. The van der Waals surface area contributed by atoms with Gasteiger partial charge >= 0.3 is 0 Å². The summed E-state index contributed by atoms with van der Waals surface area (Å²) >= 11 is 0. The van der Waals surface area contributed by atoms with Crippen LogP contribution >= 0.6 is 0 Å². The molecule has 13 heavy (non-hydrogen) atoms. The third kappa shape index (κ3) is 1.33. The van der Waals surface area contributed by atoms with Crippen molar-refractivity contribution in [3.8, 4) is 0 Å². The van der Waals surface area contributed by atoms with Gasteiger partial charge in [-0.25, -0.2) is 0 Å². The minimum absolute atomic E-state index is 0.0141. The molecule has 1 heteroatoms. The van der Waals surface area contributed by atoms with Gasteiger partial charge in [0.2, 0.25) is 0 Å². The Bertz CT molecular complexity index is 211. The summed E-state index contributed by atoms with van der Waals surface area (Å²) in [5, 5.41) is 0. The normalized spacial score (nSPS) is 41.8. The summed E-state index contributed by atoms with van der Waals surface area (Å²) in [7, 11) is 0. The Hall–Kier alpha value is -0.330. The zero-order chi connectivity index (χ0) is 9.47. The summed E-state index contributed by atoms with van der Waals surface area (Å²) in [6.45, 7) is 4.31. The molecule has 0 aromatic rings. The van der Waals surface area contributed by atoms with Crippen LogP contribution in [0.5, 0.6) is 0 Å². The molecular weight excluding hydrogens is 160 g/mol. The van der Waals surface area contributed by atoms with E-state index in [1.54, 1.807) is 0 Å². The SMILES string of the molecule is CCC(C)(C=O)C1CC2CCC1C2. The zero-order valence-corrected chi connectivity index (χ0v) is 8.75. The van der Waals surface area contributed by atoms with Gasteiger partial charge in [0, 0.05) is 5.41 Å². The van der Waals surface area contributed by atoms with Crippen LogP contribution in [0.15, 0.2) is 0 Å². The summed E-state index contributed by atoms with van der Waals surface area (Å²) in [6.07, 6.45) is 7.79. The van der Waals surface area contributed by atoms with Crippen LogP contribution in [-0.2, 0) is 4.79 Å². The van der Waals surface area contributed by atoms with Crippen molar-refractivity contribution in [1.82, 2.24) is 0 Å². The van der Waals surface area contributed by atoms with Gasteiger partial charge in [0.25, 0.3) is 0 Å². The Labute approximate surface area is 80.9 Å². The van der Waals surface area contributed by atoms with Crippen LogP contribution in [-0.4, -0.2) is 6.29 Å². The van der Waals surface area contributed by atoms with E-state index in [1.165, 1.54) is 32.0 Å². The Morgan fingerprint density at radius 2 is 2.15 bits per heavy atom. The molecule has 4 atom stereocenters. The quantitative estimate of drug-likeness (QED) is 0.610. The highest BCUT2D eigenvalue weighted by Gasteiger charge is 2.47. The number of carbonyl (C=O) groups is 1. The molecule has 0 amide bonds. The average Bonchev–Trinajstić information content (AvgIpc) is 2.77. The van der Waals surface area contributed by atoms with Crippen LogP contribution in [0.4, 0.5) is 0 Å². The maximum Gasteiger partial charge on any atom is 0.126 e. The molecule has 2 aliphatic rings. The van der Waals surface area contributed by atoms with Crippen LogP contribution in [0, 0.1) is 23.2 Å². The van der Waals surface area contributed by atoms with Gasteiger partial charge < -0.3 is 4.79 Å². The van der Waals surface area contributed by atoms with E-state index in [9.17, 15) is 4.79 Å². The molecule has 2 aliphatic carbocycles. The van der Waals surface area contributed by atoms with Crippen molar-refractivity contribution >= 4 is 6.29 Å². The lowest BCUT2D eigenvalue weighted by Gasteiger charge is -2.35. The largest absolute Gasteiger partial charge is 0.303 e. The van der Waals surface area contributed by atoms with E-state index in [1.807, 2.05) is 0 Å². The lowest BCUT2D eigenvalue weighted by molar-refractivity contribution is -0.119. The molecule has 0 aliphatic heterocycles. The van der Waals surface area contributed by atoms with Crippen LogP contribution in [0.25, 0.3) is 0 Å². The van der Waals surface area contributed by atoms with Crippen LogP contribution in [0.2, 0.25) is 0 Å². The van der Waals surface area contributed by atoms with Gasteiger partial charge in [0.1, 0.15) is 6.29 Å². The molecule has 0 aromatic heterocycles. The van der Waals surface area contributed by atoms with E-state index in [0.717, 1.165) is 18.3 Å². The first-order chi connectivity index (χ1) is 6.19. The third-order valence-corrected chi connectivity index (χ3v) is 4.62. The van der Waals surface area contributed by atoms with Gasteiger partial charge in [-0.15, -0.1) is 0 Å². The number of rotatable bonds is 3. The molecule has 4 unspecified atom stereocenters. The second kappa shape index (κ2) is 3.11. The van der Waals surface area contributed by atoms with Crippen molar-refractivity contribution in [2.45, 2.75) is 46.0 Å². The molecule has 2 fully saturated rings. The highest BCUT2D eigenvalue weighted by molar-refractivity contribution is 5.59. The van der Waals surface area contributed by atoms with Crippen molar-refractivity contribution in [1.29, 1.82) is 0 Å². The molecule has 0 heterocycles. The average molecular weight is 180 g/mol. The van der Waals surface area contributed by atoms with E-state index in [-0.39, 0.29) is 5.41 Å². The van der Waals surface area contributed by atoms with E-state index in [0.29, 0.717) is 5.92 Å². The molecule has 2 rings (SSSR count). The minimum Gasteiger partial charge on any atom is -0.303 e. The summed E-state index contributed by atoms with van der Waals surface area (Å²) in [6, 6.07) is 0. The molecular formula is C12H20O. The van der Waals surface area contributed by atoms with Crippen molar-refractivity contribution in [3.05, 3.63) is 0 Å². The Balaban J connectivity index is 2.12. The lowest BCUT2D eigenvalue weighted by atomic mass is 9.69. The van der Waals surface area contributed by atoms with Crippen molar-refractivity contribution in [2.24, 2.45) is 23.2 Å². The molecule has 0 saturated heterocycles. The third-order valence-electron chi connectivity index (χ3n) is 4.62. The minimum atomic E-state index is -0.0141. The highest BCUT2D eigenvalue weighted by atomic mass is 16.1. The number of aldehydes is 1. The molecule has 0 aromatic carbocycles. The van der Waals surface area contributed by atoms with Crippen LogP contribution < -0.4 is 0 Å². The fourth-order valence-electron chi connectivity index (χ4n) is 3.49. The predicted octanol–water partition coefficient (Wildman–Crippen LogP) is 3.04.